The zero-order valence-electron chi connectivity index (χ0n) is 11.6. The van der Waals surface area contributed by atoms with Gasteiger partial charge in [-0.2, -0.15) is 11.8 Å². The van der Waals surface area contributed by atoms with Gasteiger partial charge in [0.1, 0.15) is 0 Å². The first-order chi connectivity index (χ1) is 8.61. The lowest BCUT2D eigenvalue weighted by Gasteiger charge is -2.32. The second-order valence-corrected chi connectivity index (χ2v) is 6.41. The van der Waals surface area contributed by atoms with Crippen molar-refractivity contribution in [3.05, 3.63) is 23.3 Å². The number of anilines is 2. The molecule has 0 spiro atoms. The van der Waals surface area contributed by atoms with Crippen molar-refractivity contribution < 1.29 is 0 Å². The summed E-state index contributed by atoms with van der Waals surface area (Å²) < 4.78 is 0. The first kappa shape index (κ1) is 13.6. The van der Waals surface area contributed by atoms with Crippen molar-refractivity contribution in [2.45, 2.75) is 50.8 Å². The van der Waals surface area contributed by atoms with Crippen LogP contribution < -0.4 is 11.1 Å². The predicted octanol–water partition coefficient (Wildman–Crippen LogP) is 3.97. The number of hydrogen-bond donors (Lipinski definition) is 2. The minimum Gasteiger partial charge on any atom is -0.397 e. The standard InChI is InChI=1S/C15H24N2S/c1-10-8-12(16)14(9-11(10)2)17-13-6-4-5-7-15(13)18-3/h8-9,13,15,17H,4-7,16H2,1-3H3. The molecule has 1 aliphatic carbocycles. The Balaban J connectivity index is 2.15. The third-order valence-electron chi connectivity index (χ3n) is 4.01. The molecular formula is C15H24N2S. The highest BCUT2D eigenvalue weighted by Gasteiger charge is 2.24. The molecule has 3 N–H and O–H groups in total. The molecule has 0 saturated heterocycles. The molecule has 18 heavy (non-hydrogen) atoms. The van der Waals surface area contributed by atoms with E-state index in [9.17, 15) is 0 Å². The molecule has 0 heterocycles. The SMILES string of the molecule is CSC1CCCCC1Nc1cc(C)c(C)cc1N. The van der Waals surface area contributed by atoms with Crippen molar-refractivity contribution >= 4 is 23.1 Å². The van der Waals surface area contributed by atoms with Crippen LogP contribution >= 0.6 is 11.8 Å². The van der Waals surface area contributed by atoms with Crippen LogP contribution in [0.25, 0.3) is 0 Å². The van der Waals surface area contributed by atoms with Crippen molar-refractivity contribution in [3.8, 4) is 0 Å². The van der Waals surface area contributed by atoms with Crippen molar-refractivity contribution in [3.63, 3.8) is 0 Å². The maximum absolute atomic E-state index is 6.13. The van der Waals surface area contributed by atoms with E-state index in [0.717, 1.165) is 16.6 Å². The Hall–Kier alpha value is -0.830. The lowest BCUT2D eigenvalue weighted by Crippen LogP contribution is -2.34. The van der Waals surface area contributed by atoms with E-state index >= 15 is 0 Å². The minimum atomic E-state index is 0.568. The highest BCUT2D eigenvalue weighted by molar-refractivity contribution is 7.99. The van der Waals surface area contributed by atoms with Gasteiger partial charge in [0.05, 0.1) is 11.4 Å². The summed E-state index contributed by atoms with van der Waals surface area (Å²) in [6.45, 7) is 4.26. The number of hydrogen-bond acceptors (Lipinski definition) is 3. The Morgan fingerprint density at radius 3 is 2.56 bits per heavy atom. The molecule has 0 bridgehead atoms. The van der Waals surface area contributed by atoms with Crippen molar-refractivity contribution in [1.82, 2.24) is 0 Å². The molecule has 2 atom stereocenters. The fourth-order valence-electron chi connectivity index (χ4n) is 2.71. The van der Waals surface area contributed by atoms with Crippen molar-refractivity contribution in [1.29, 1.82) is 0 Å². The van der Waals surface area contributed by atoms with Gasteiger partial charge in [0, 0.05) is 11.3 Å². The third-order valence-corrected chi connectivity index (χ3v) is 5.18. The number of nitrogens with two attached hydrogens (primary N) is 1. The summed E-state index contributed by atoms with van der Waals surface area (Å²) in [5, 5.41) is 4.39. The van der Waals surface area contributed by atoms with Gasteiger partial charge in [-0.1, -0.05) is 12.8 Å². The maximum atomic E-state index is 6.13. The number of rotatable bonds is 3. The summed E-state index contributed by atoms with van der Waals surface area (Å²) in [7, 11) is 0. The van der Waals surface area contributed by atoms with E-state index in [1.807, 2.05) is 11.8 Å². The van der Waals surface area contributed by atoms with Gasteiger partial charge in [-0.15, -0.1) is 0 Å². The molecule has 1 aliphatic rings. The number of nitrogens with one attached hydrogen (secondary N) is 1. The fourth-order valence-corrected chi connectivity index (χ4v) is 3.64. The molecule has 1 fully saturated rings. The molecule has 1 saturated carbocycles. The zero-order chi connectivity index (χ0) is 13.1. The molecule has 3 heteroatoms. The smallest absolute Gasteiger partial charge is 0.0579 e. The van der Waals surface area contributed by atoms with Crippen molar-refractivity contribution in [2.24, 2.45) is 0 Å². The van der Waals surface area contributed by atoms with Crippen LogP contribution in [0.5, 0.6) is 0 Å². The molecule has 1 aromatic rings. The fraction of sp³-hybridized carbons (Fsp3) is 0.600. The van der Waals surface area contributed by atoms with E-state index in [1.165, 1.54) is 36.8 Å². The van der Waals surface area contributed by atoms with Gasteiger partial charge >= 0.3 is 0 Å². The summed E-state index contributed by atoms with van der Waals surface area (Å²) in [5.41, 5.74) is 10.7. The summed E-state index contributed by atoms with van der Waals surface area (Å²) in [6, 6.07) is 4.84. The molecule has 2 rings (SSSR count). The third kappa shape index (κ3) is 2.94. The van der Waals surface area contributed by atoms with E-state index in [0.29, 0.717) is 6.04 Å². The molecule has 1 aromatic carbocycles. The number of benzene rings is 1. The van der Waals surface area contributed by atoms with Gasteiger partial charge in [-0.25, -0.2) is 0 Å². The van der Waals surface area contributed by atoms with Crippen LogP contribution in [0.15, 0.2) is 12.1 Å². The quantitative estimate of drug-likeness (QED) is 0.811. The van der Waals surface area contributed by atoms with Crippen LogP contribution in [-0.2, 0) is 0 Å². The second kappa shape index (κ2) is 5.87. The topological polar surface area (TPSA) is 38.0 Å². The van der Waals surface area contributed by atoms with Gasteiger partial charge in [0.2, 0.25) is 0 Å². The molecule has 0 amide bonds. The molecule has 0 aromatic heterocycles. The van der Waals surface area contributed by atoms with Crippen LogP contribution in [0.1, 0.15) is 36.8 Å². The maximum Gasteiger partial charge on any atom is 0.0579 e. The average Bonchev–Trinajstić information content (AvgIpc) is 2.36. The normalized spacial score (nSPS) is 23.9. The molecule has 100 valence electrons. The molecule has 0 aliphatic heterocycles. The Bertz CT molecular complexity index is 417. The summed E-state index contributed by atoms with van der Waals surface area (Å²) in [5.74, 6) is 0. The summed E-state index contributed by atoms with van der Waals surface area (Å²) in [4.78, 5) is 0. The zero-order valence-corrected chi connectivity index (χ0v) is 12.4. The van der Waals surface area contributed by atoms with Gasteiger partial charge in [0.15, 0.2) is 0 Å². The van der Waals surface area contributed by atoms with Gasteiger partial charge < -0.3 is 11.1 Å². The van der Waals surface area contributed by atoms with E-state index in [-0.39, 0.29) is 0 Å². The van der Waals surface area contributed by atoms with E-state index in [2.05, 4.69) is 37.6 Å². The summed E-state index contributed by atoms with van der Waals surface area (Å²) >= 11 is 1.98. The highest BCUT2D eigenvalue weighted by Crippen LogP contribution is 2.32. The molecule has 2 unspecified atom stereocenters. The Morgan fingerprint density at radius 2 is 1.83 bits per heavy atom. The van der Waals surface area contributed by atoms with Crippen LogP contribution in [0, 0.1) is 13.8 Å². The Morgan fingerprint density at radius 1 is 1.17 bits per heavy atom. The Kier molecular flexibility index (Phi) is 4.44. The first-order valence-electron chi connectivity index (χ1n) is 6.78. The van der Waals surface area contributed by atoms with Crippen LogP contribution in [0.4, 0.5) is 11.4 Å². The Labute approximate surface area is 115 Å². The van der Waals surface area contributed by atoms with E-state index in [1.54, 1.807) is 0 Å². The van der Waals surface area contributed by atoms with Crippen LogP contribution in [0.3, 0.4) is 0 Å². The van der Waals surface area contributed by atoms with Gasteiger partial charge in [-0.3, -0.25) is 0 Å². The van der Waals surface area contributed by atoms with E-state index in [4.69, 9.17) is 5.73 Å². The monoisotopic (exact) mass is 264 g/mol. The molecule has 0 radical (unpaired) electrons. The number of thioether (sulfide) groups is 1. The van der Waals surface area contributed by atoms with Crippen LogP contribution in [-0.4, -0.2) is 17.5 Å². The predicted molar refractivity (Wildman–Crippen MR) is 83.5 cm³/mol. The lowest BCUT2D eigenvalue weighted by atomic mass is 9.94. The molecule has 2 nitrogen and oxygen atoms in total. The van der Waals surface area contributed by atoms with Crippen molar-refractivity contribution in [2.75, 3.05) is 17.3 Å². The average molecular weight is 264 g/mol. The van der Waals surface area contributed by atoms with Gasteiger partial charge in [0.25, 0.3) is 0 Å². The highest BCUT2D eigenvalue weighted by atomic mass is 32.2. The van der Waals surface area contributed by atoms with E-state index < -0.39 is 0 Å². The largest absolute Gasteiger partial charge is 0.397 e. The number of aryl methyl sites for hydroxylation is 2. The molecular weight excluding hydrogens is 240 g/mol. The van der Waals surface area contributed by atoms with Crippen LogP contribution in [0.2, 0.25) is 0 Å². The number of nitrogen functional groups attached to an aromatic ring is 1. The first-order valence-corrected chi connectivity index (χ1v) is 8.06. The minimum absolute atomic E-state index is 0.568. The second-order valence-electron chi connectivity index (χ2n) is 5.33. The van der Waals surface area contributed by atoms with Gasteiger partial charge in [-0.05, 0) is 56.2 Å². The lowest BCUT2D eigenvalue weighted by molar-refractivity contribution is 0.475. The summed E-state index contributed by atoms with van der Waals surface area (Å²) in [6.07, 6.45) is 7.50.